The molecule has 0 amide bonds. The highest BCUT2D eigenvalue weighted by Crippen LogP contribution is 2.35. The zero-order valence-electron chi connectivity index (χ0n) is 9.24. The molecule has 3 nitrogen and oxygen atoms in total. The Morgan fingerprint density at radius 3 is 2.61 bits per heavy atom. The number of aliphatic hydroxyl groups excluding tert-OH is 1. The van der Waals surface area contributed by atoms with Crippen LogP contribution >= 0.6 is 15.9 Å². The molecular formula is C11H11BrF2O3S. The van der Waals surface area contributed by atoms with E-state index in [-0.39, 0.29) is 22.4 Å². The van der Waals surface area contributed by atoms with E-state index >= 15 is 0 Å². The van der Waals surface area contributed by atoms with E-state index in [1.54, 1.807) is 0 Å². The van der Waals surface area contributed by atoms with E-state index in [1.165, 1.54) is 6.07 Å². The first-order valence-corrected chi connectivity index (χ1v) is 7.95. The molecule has 1 N–H and O–H groups in total. The van der Waals surface area contributed by atoms with Crippen molar-refractivity contribution in [1.29, 1.82) is 0 Å². The Morgan fingerprint density at radius 2 is 2.06 bits per heavy atom. The summed E-state index contributed by atoms with van der Waals surface area (Å²) in [7, 11) is -3.20. The summed E-state index contributed by atoms with van der Waals surface area (Å²) in [5, 5.41) is 9.97. The summed E-state index contributed by atoms with van der Waals surface area (Å²) < 4.78 is 50.0. The highest BCUT2D eigenvalue weighted by molar-refractivity contribution is 9.10. The van der Waals surface area contributed by atoms with Gasteiger partial charge in [0.2, 0.25) is 0 Å². The Bertz CT molecular complexity index is 574. The number of benzene rings is 1. The fourth-order valence-electron chi connectivity index (χ4n) is 2.12. The number of halogens is 3. The Morgan fingerprint density at radius 1 is 1.39 bits per heavy atom. The van der Waals surface area contributed by atoms with Crippen molar-refractivity contribution in [2.75, 3.05) is 11.5 Å². The van der Waals surface area contributed by atoms with Crippen molar-refractivity contribution < 1.29 is 22.3 Å². The summed E-state index contributed by atoms with van der Waals surface area (Å²) in [4.78, 5) is 0. The Balaban J connectivity index is 2.35. The quantitative estimate of drug-likeness (QED) is 0.839. The van der Waals surface area contributed by atoms with E-state index in [2.05, 4.69) is 15.9 Å². The Hall–Kier alpha value is -0.530. The van der Waals surface area contributed by atoms with Crippen LogP contribution in [-0.4, -0.2) is 25.0 Å². The Kier molecular flexibility index (Phi) is 3.75. The van der Waals surface area contributed by atoms with E-state index in [4.69, 9.17) is 0 Å². The van der Waals surface area contributed by atoms with Crippen LogP contribution in [0.3, 0.4) is 0 Å². The minimum Gasteiger partial charge on any atom is -0.388 e. The lowest BCUT2D eigenvalue weighted by Gasteiger charge is -2.18. The highest BCUT2D eigenvalue weighted by Gasteiger charge is 2.36. The molecule has 2 unspecified atom stereocenters. The number of rotatable bonds is 2. The predicted octanol–water partition coefficient (Wildman–Crippen LogP) is 2.20. The van der Waals surface area contributed by atoms with Crippen LogP contribution in [0.1, 0.15) is 18.1 Å². The van der Waals surface area contributed by atoms with Crippen molar-refractivity contribution in [3.05, 3.63) is 33.8 Å². The average Bonchev–Trinajstić information content (AvgIpc) is 2.65. The molecule has 0 aliphatic carbocycles. The lowest BCUT2D eigenvalue weighted by Crippen LogP contribution is -2.17. The van der Waals surface area contributed by atoms with Gasteiger partial charge in [0.05, 0.1) is 27.6 Å². The maximum Gasteiger partial charge on any atom is 0.150 e. The van der Waals surface area contributed by atoms with Crippen molar-refractivity contribution in [3.8, 4) is 0 Å². The standard InChI is InChI=1S/C11H11BrF2O3S/c12-7-1-2-8(13)9(10(7)14)11(15)6-3-4-18(16,17)5-6/h1-2,6,11,15H,3-5H2. The van der Waals surface area contributed by atoms with Gasteiger partial charge in [0.15, 0.2) is 9.84 Å². The van der Waals surface area contributed by atoms with Crippen LogP contribution in [0.2, 0.25) is 0 Å². The van der Waals surface area contributed by atoms with Crippen LogP contribution in [0.5, 0.6) is 0 Å². The monoisotopic (exact) mass is 340 g/mol. The van der Waals surface area contributed by atoms with E-state index in [9.17, 15) is 22.3 Å². The minimum absolute atomic E-state index is 0.0406. The van der Waals surface area contributed by atoms with Crippen molar-refractivity contribution in [1.82, 2.24) is 0 Å². The minimum atomic E-state index is -3.20. The van der Waals surface area contributed by atoms with Gasteiger partial charge in [-0.25, -0.2) is 17.2 Å². The van der Waals surface area contributed by atoms with Gasteiger partial charge in [-0.2, -0.15) is 0 Å². The van der Waals surface area contributed by atoms with Gasteiger partial charge < -0.3 is 5.11 Å². The van der Waals surface area contributed by atoms with Gasteiger partial charge in [-0.3, -0.25) is 0 Å². The van der Waals surface area contributed by atoms with Gasteiger partial charge in [0, 0.05) is 5.92 Å². The first-order valence-electron chi connectivity index (χ1n) is 5.34. The zero-order chi connectivity index (χ0) is 13.5. The van der Waals surface area contributed by atoms with Gasteiger partial charge in [-0.15, -0.1) is 0 Å². The average molecular weight is 341 g/mol. The third-order valence-corrected chi connectivity index (χ3v) is 5.50. The molecule has 2 atom stereocenters. The van der Waals surface area contributed by atoms with Crippen molar-refractivity contribution in [2.24, 2.45) is 5.92 Å². The van der Waals surface area contributed by atoms with E-state index in [0.29, 0.717) is 0 Å². The normalized spacial score (nSPS) is 24.1. The number of hydrogen-bond donors (Lipinski definition) is 1. The fraction of sp³-hybridized carbons (Fsp3) is 0.455. The zero-order valence-corrected chi connectivity index (χ0v) is 11.6. The second kappa shape index (κ2) is 4.86. The van der Waals surface area contributed by atoms with Crippen molar-refractivity contribution in [3.63, 3.8) is 0 Å². The molecular weight excluding hydrogens is 330 g/mol. The summed E-state index contributed by atoms with van der Waals surface area (Å²) in [6, 6.07) is 2.24. The predicted molar refractivity (Wildman–Crippen MR) is 65.8 cm³/mol. The molecule has 7 heteroatoms. The summed E-state index contributed by atoms with van der Waals surface area (Å²) in [6.07, 6.45) is -1.23. The summed E-state index contributed by atoms with van der Waals surface area (Å²) in [6.45, 7) is 0. The molecule has 18 heavy (non-hydrogen) atoms. The maximum atomic E-state index is 13.8. The topological polar surface area (TPSA) is 54.4 Å². The molecule has 0 saturated carbocycles. The van der Waals surface area contributed by atoms with Crippen LogP contribution in [0, 0.1) is 17.6 Å². The van der Waals surface area contributed by atoms with E-state index in [1.807, 2.05) is 0 Å². The van der Waals surface area contributed by atoms with E-state index in [0.717, 1.165) is 6.07 Å². The second-order valence-corrected chi connectivity index (χ2v) is 7.45. The SMILES string of the molecule is O=S1(=O)CCC(C(O)c2c(F)ccc(Br)c2F)C1. The molecule has 100 valence electrons. The molecule has 0 bridgehead atoms. The molecule has 1 aliphatic heterocycles. The second-order valence-electron chi connectivity index (χ2n) is 4.36. The largest absolute Gasteiger partial charge is 0.388 e. The summed E-state index contributed by atoms with van der Waals surface area (Å²) in [5.41, 5.74) is -0.466. The first kappa shape index (κ1) is 13.9. The van der Waals surface area contributed by atoms with Crippen molar-refractivity contribution in [2.45, 2.75) is 12.5 Å². The fourth-order valence-corrected chi connectivity index (χ4v) is 4.30. The van der Waals surface area contributed by atoms with E-state index < -0.39 is 39.1 Å². The molecule has 0 radical (unpaired) electrons. The third kappa shape index (κ3) is 2.57. The molecule has 2 rings (SSSR count). The Labute approximate surface area is 112 Å². The van der Waals surface area contributed by atoms with Crippen LogP contribution in [0.25, 0.3) is 0 Å². The summed E-state index contributed by atoms with van der Waals surface area (Å²) in [5.74, 6) is -2.70. The lowest BCUT2D eigenvalue weighted by atomic mass is 9.94. The number of aliphatic hydroxyl groups is 1. The molecule has 1 aromatic carbocycles. The van der Waals surface area contributed by atoms with Gasteiger partial charge in [0.25, 0.3) is 0 Å². The molecule has 1 aliphatic rings. The van der Waals surface area contributed by atoms with Crippen LogP contribution < -0.4 is 0 Å². The maximum absolute atomic E-state index is 13.8. The molecule has 0 aromatic heterocycles. The molecule has 0 spiro atoms. The number of sulfone groups is 1. The van der Waals surface area contributed by atoms with Gasteiger partial charge in [0.1, 0.15) is 11.6 Å². The third-order valence-electron chi connectivity index (χ3n) is 3.09. The molecule has 1 aromatic rings. The molecule has 1 fully saturated rings. The molecule has 1 saturated heterocycles. The van der Waals surface area contributed by atoms with Crippen LogP contribution in [0.4, 0.5) is 8.78 Å². The summed E-state index contributed by atoms with van der Waals surface area (Å²) >= 11 is 2.91. The van der Waals surface area contributed by atoms with Crippen molar-refractivity contribution >= 4 is 25.8 Å². The first-order chi connectivity index (χ1) is 8.32. The van der Waals surface area contributed by atoms with Crippen LogP contribution in [-0.2, 0) is 9.84 Å². The lowest BCUT2D eigenvalue weighted by molar-refractivity contribution is 0.112. The van der Waals surface area contributed by atoms with Gasteiger partial charge in [-0.1, -0.05) is 0 Å². The van der Waals surface area contributed by atoms with Crippen LogP contribution in [0.15, 0.2) is 16.6 Å². The highest BCUT2D eigenvalue weighted by atomic mass is 79.9. The van der Waals surface area contributed by atoms with Gasteiger partial charge in [-0.05, 0) is 34.5 Å². The smallest absolute Gasteiger partial charge is 0.150 e. The van der Waals surface area contributed by atoms with Gasteiger partial charge >= 0.3 is 0 Å². The molecule has 1 heterocycles. The number of hydrogen-bond acceptors (Lipinski definition) is 3.